The van der Waals surface area contributed by atoms with Crippen LogP contribution in [-0.2, 0) is 9.84 Å². The maximum atomic E-state index is 13.2. The molecule has 2 aromatic carbocycles. The molecule has 2 atom stereocenters. The summed E-state index contributed by atoms with van der Waals surface area (Å²) in [5, 5.41) is 1.09. The average molecular weight is 411 g/mol. The number of halogens is 2. The lowest BCUT2D eigenvalue weighted by atomic mass is 10.1. The third-order valence-electron chi connectivity index (χ3n) is 4.91. The van der Waals surface area contributed by atoms with Crippen molar-refractivity contribution >= 4 is 50.4 Å². The molecule has 2 aromatic rings. The number of carbonyl (C=O) groups is 1. The zero-order chi connectivity index (χ0) is 18.6. The van der Waals surface area contributed by atoms with Crippen molar-refractivity contribution in [1.82, 2.24) is 0 Å². The molecule has 2 amide bonds. The van der Waals surface area contributed by atoms with Crippen molar-refractivity contribution in [2.45, 2.75) is 19.0 Å². The summed E-state index contributed by atoms with van der Waals surface area (Å²) in [6.07, 6.45) is 0. The minimum absolute atomic E-state index is 0.0534. The Labute approximate surface area is 162 Å². The molecule has 2 saturated heterocycles. The summed E-state index contributed by atoms with van der Waals surface area (Å²) in [7, 11) is -3.23. The number of benzene rings is 2. The van der Waals surface area contributed by atoms with Gasteiger partial charge >= 0.3 is 6.03 Å². The molecule has 8 heteroatoms. The van der Waals surface area contributed by atoms with Crippen LogP contribution in [0.5, 0.6) is 0 Å². The zero-order valence-corrected chi connectivity index (χ0v) is 16.2. The fourth-order valence-corrected chi connectivity index (χ4v) is 5.86. The van der Waals surface area contributed by atoms with Gasteiger partial charge in [-0.25, -0.2) is 13.2 Å². The van der Waals surface area contributed by atoms with Crippen LogP contribution in [0.1, 0.15) is 5.56 Å². The van der Waals surface area contributed by atoms with Crippen LogP contribution in [0.25, 0.3) is 0 Å². The lowest BCUT2D eigenvalue weighted by molar-refractivity contribution is 0.255. The lowest BCUT2D eigenvalue weighted by Crippen LogP contribution is -2.37. The molecule has 2 fully saturated rings. The summed E-state index contributed by atoms with van der Waals surface area (Å²) in [6, 6.07) is 11.0. The number of fused-ring (bicyclic) bond motifs is 1. The largest absolute Gasteiger partial charge is 0.329 e. The first-order valence-electron chi connectivity index (χ1n) is 8.11. The van der Waals surface area contributed by atoms with Gasteiger partial charge in [0.2, 0.25) is 0 Å². The van der Waals surface area contributed by atoms with Gasteiger partial charge in [0.05, 0.1) is 23.6 Å². The Morgan fingerprint density at radius 2 is 1.46 bits per heavy atom. The van der Waals surface area contributed by atoms with Crippen LogP contribution in [0.15, 0.2) is 42.5 Å². The topological polar surface area (TPSA) is 57.7 Å². The maximum Gasteiger partial charge on any atom is 0.329 e. The van der Waals surface area contributed by atoms with Crippen LogP contribution < -0.4 is 9.80 Å². The van der Waals surface area contributed by atoms with Crippen LogP contribution in [0.3, 0.4) is 0 Å². The van der Waals surface area contributed by atoms with E-state index in [2.05, 4.69) is 0 Å². The Hall–Kier alpha value is -1.76. The Kier molecular flexibility index (Phi) is 4.17. The minimum Gasteiger partial charge on any atom is -0.288 e. The van der Waals surface area contributed by atoms with Crippen LogP contribution in [0, 0.1) is 6.92 Å². The predicted octanol–water partition coefficient (Wildman–Crippen LogP) is 3.91. The van der Waals surface area contributed by atoms with E-state index in [1.807, 2.05) is 13.0 Å². The molecular weight excluding hydrogens is 395 g/mol. The van der Waals surface area contributed by atoms with Crippen molar-refractivity contribution in [3.8, 4) is 0 Å². The highest BCUT2D eigenvalue weighted by Crippen LogP contribution is 2.39. The minimum atomic E-state index is -3.23. The fourth-order valence-electron chi connectivity index (χ4n) is 3.64. The Morgan fingerprint density at radius 3 is 2.04 bits per heavy atom. The normalized spacial score (nSPS) is 24.2. The maximum absolute atomic E-state index is 13.2. The second-order valence-corrected chi connectivity index (χ2v) is 9.64. The predicted molar refractivity (Wildman–Crippen MR) is 104 cm³/mol. The molecule has 5 nitrogen and oxygen atoms in total. The number of rotatable bonds is 2. The van der Waals surface area contributed by atoms with Crippen molar-refractivity contribution in [3.05, 3.63) is 58.1 Å². The first-order valence-corrected chi connectivity index (χ1v) is 10.7. The van der Waals surface area contributed by atoms with Gasteiger partial charge in [0, 0.05) is 21.4 Å². The molecule has 0 radical (unpaired) electrons. The third-order valence-corrected chi connectivity index (χ3v) is 7.27. The van der Waals surface area contributed by atoms with E-state index in [1.165, 1.54) is 0 Å². The zero-order valence-electron chi connectivity index (χ0n) is 13.9. The van der Waals surface area contributed by atoms with Crippen molar-refractivity contribution in [2.75, 3.05) is 21.3 Å². The molecule has 0 unspecified atom stereocenters. The van der Waals surface area contributed by atoms with E-state index in [0.717, 1.165) is 5.56 Å². The van der Waals surface area contributed by atoms with Gasteiger partial charge in [0.15, 0.2) is 9.84 Å². The number of hydrogen-bond acceptors (Lipinski definition) is 3. The SMILES string of the molecule is Cc1ccc(N2C(=O)N(c3ccc(Cl)cc3)[C@H]3CS(=O)(=O)C[C@H]32)cc1Cl. The van der Waals surface area contributed by atoms with E-state index >= 15 is 0 Å². The van der Waals surface area contributed by atoms with Gasteiger partial charge in [-0.05, 0) is 48.9 Å². The number of anilines is 2. The summed E-state index contributed by atoms with van der Waals surface area (Å²) in [5.41, 5.74) is 2.13. The number of carbonyl (C=O) groups excluding carboxylic acids is 1. The monoisotopic (exact) mass is 410 g/mol. The number of nitrogens with zero attached hydrogens (tertiary/aromatic N) is 2. The van der Waals surface area contributed by atoms with Crippen LogP contribution in [0.2, 0.25) is 10.0 Å². The highest BCUT2D eigenvalue weighted by atomic mass is 35.5. The van der Waals surface area contributed by atoms with E-state index in [-0.39, 0.29) is 17.5 Å². The van der Waals surface area contributed by atoms with Crippen LogP contribution in [0.4, 0.5) is 16.2 Å². The van der Waals surface area contributed by atoms with Gasteiger partial charge in [-0.2, -0.15) is 0 Å². The van der Waals surface area contributed by atoms with Crippen molar-refractivity contribution in [3.63, 3.8) is 0 Å². The summed E-state index contributed by atoms with van der Waals surface area (Å²) >= 11 is 12.2. The van der Waals surface area contributed by atoms with E-state index in [1.54, 1.807) is 46.2 Å². The molecule has 2 heterocycles. The third kappa shape index (κ3) is 2.86. The molecule has 0 spiro atoms. The smallest absolute Gasteiger partial charge is 0.288 e. The van der Waals surface area contributed by atoms with E-state index < -0.39 is 21.9 Å². The number of hydrogen-bond donors (Lipinski definition) is 0. The molecule has 4 rings (SSSR count). The number of aryl methyl sites for hydroxylation is 1. The molecule has 0 bridgehead atoms. The summed E-state index contributed by atoms with van der Waals surface area (Å²) in [6.45, 7) is 1.88. The van der Waals surface area contributed by atoms with E-state index in [0.29, 0.717) is 21.4 Å². The summed E-state index contributed by atoms with van der Waals surface area (Å²) in [4.78, 5) is 16.3. The van der Waals surface area contributed by atoms with Gasteiger partial charge in [0.1, 0.15) is 0 Å². The molecule has 26 heavy (non-hydrogen) atoms. The summed E-state index contributed by atoms with van der Waals surface area (Å²) in [5.74, 6) is -0.110. The molecule has 2 aliphatic heterocycles. The first-order chi connectivity index (χ1) is 12.3. The molecule has 0 saturated carbocycles. The Bertz CT molecular complexity index is 992. The lowest BCUT2D eigenvalue weighted by Gasteiger charge is -2.23. The highest BCUT2D eigenvalue weighted by Gasteiger charge is 2.54. The molecule has 2 aliphatic rings. The summed E-state index contributed by atoms with van der Waals surface area (Å²) < 4.78 is 24.5. The molecule has 0 aliphatic carbocycles. The van der Waals surface area contributed by atoms with Crippen molar-refractivity contribution in [1.29, 1.82) is 0 Å². The second-order valence-electron chi connectivity index (χ2n) is 6.64. The quantitative estimate of drug-likeness (QED) is 0.704. The number of urea groups is 1. The van der Waals surface area contributed by atoms with Gasteiger partial charge < -0.3 is 0 Å². The number of sulfone groups is 1. The van der Waals surface area contributed by atoms with Gasteiger partial charge in [-0.15, -0.1) is 0 Å². The molecule has 0 N–H and O–H groups in total. The van der Waals surface area contributed by atoms with Gasteiger partial charge in [0.25, 0.3) is 0 Å². The fraction of sp³-hybridized carbons (Fsp3) is 0.278. The van der Waals surface area contributed by atoms with Crippen LogP contribution in [-0.4, -0.2) is 38.0 Å². The standard InChI is InChI=1S/C18H16Cl2N2O3S/c1-11-2-5-14(8-15(11)20)22-17-10-26(24,25)9-16(17)21(18(22)23)13-6-3-12(19)4-7-13/h2-8,16-17H,9-10H2,1H3/t16-,17+/m0/s1. The highest BCUT2D eigenvalue weighted by molar-refractivity contribution is 7.91. The van der Waals surface area contributed by atoms with Crippen molar-refractivity contribution < 1.29 is 13.2 Å². The molecular formula is C18H16Cl2N2O3S. The second kappa shape index (κ2) is 6.15. The van der Waals surface area contributed by atoms with Gasteiger partial charge in [-0.3, -0.25) is 9.80 Å². The average Bonchev–Trinajstić information content (AvgIpc) is 3.00. The number of amides is 2. The van der Waals surface area contributed by atoms with Crippen molar-refractivity contribution in [2.24, 2.45) is 0 Å². The van der Waals surface area contributed by atoms with Crippen LogP contribution >= 0.6 is 23.2 Å². The Balaban J connectivity index is 1.81. The van der Waals surface area contributed by atoms with Gasteiger partial charge in [-0.1, -0.05) is 29.3 Å². The van der Waals surface area contributed by atoms with E-state index in [4.69, 9.17) is 23.2 Å². The Morgan fingerprint density at radius 1 is 0.923 bits per heavy atom. The van der Waals surface area contributed by atoms with E-state index in [9.17, 15) is 13.2 Å². The molecule has 136 valence electrons. The molecule has 0 aromatic heterocycles. The first kappa shape index (κ1) is 17.6.